The minimum atomic E-state index is -0.197. The topological polar surface area (TPSA) is 65.8 Å². The summed E-state index contributed by atoms with van der Waals surface area (Å²) >= 11 is 3.28. The smallest absolute Gasteiger partial charge is 0.240 e. The van der Waals surface area contributed by atoms with Crippen LogP contribution < -0.4 is 5.32 Å². The van der Waals surface area contributed by atoms with Crippen LogP contribution in [0.2, 0.25) is 0 Å². The van der Waals surface area contributed by atoms with Crippen molar-refractivity contribution < 1.29 is 9.18 Å². The highest BCUT2D eigenvalue weighted by molar-refractivity contribution is 9.10. The lowest BCUT2D eigenvalue weighted by Gasteiger charge is -2.34. The second-order valence-corrected chi connectivity index (χ2v) is 7.70. The number of benzene rings is 1. The molecule has 7 nitrogen and oxygen atoms in total. The second kappa shape index (κ2) is 8.34. The number of aromatic nitrogens is 3. The van der Waals surface area contributed by atoms with Crippen molar-refractivity contribution in [1.82, 2.24) is 24.4 Å². The Morgan fingerprint density at radius 3 is 2.68 bits per heavy atom. The number of hydrogen-bond acceptors (Lipinski definition) is 5. The molecule has 0 saturated carbocycles. The summed E-state index contributed by atoms with van der Waals surface area (Å²) in [6.07, 6.45) is 1.81. The van der Waals surface area contributed by atoms with E-state index in [4.69, 9.17) is 0 Å². The molecular formula is C19H20BrFN6O. The fourth-order valence-electron chi connectivity index (χ4n) is 3.29. The number of hydrogen-bond donors (Lipinski definition) is 1. The number of piperazine rings is 1. The molecule has 1 aromatic carbocycles. The number of anilines is 1. The van der Waals surface area contributed by atoms with E-state index >= 15 is 0 Å². The number of carbonyl (C=O) groups is 1. The lowest BCUT2D eigenvalue weighted by atomic mass is 10.2. The molecule has 2 aromatic heterocycles. The van der Waals surface area contributed by atoms with Crippen molar-refractivity contribution in [3.05, 3.63) is 58.4 Å². The molecule has 0 aliphatic carbocycles. The Morgan fingerprint density at radius 1 is 1.11 bits per heavy atom. The first-order valence-electron chi connectivity index (χ1n) is 9.07. The normalized spacial score (nSPS) is 15.8. The number of rotatable bonds is 5. The summed E-state index contributed by atoms with van der Waals surface area (Å²) in [5.74, 6) is 0.104. The van der Waals surface area contributed by atoms with Gasteiger partial charge >= 0.3 is 0 Å². The van der Waals surface area contributed by atoms with Gasteiger partial charge < -0.3 is 0 Å². The maximum atomic E-state index is 14.0. The van der Waals surface area contributed by atoms with E-state index in [1.165, 1.54) is 6.07 Å². The quantitative estimate of drug-likeness (QED) is 0.651. The molecular weight excluding hydrogens is 427 g/mol. The zero-order valence-corrected chi connectivity index (χ0v) is 16.8. The third-order valence-corrected chi connectivity index (χ3v) is 5.30. The molecule has 9 heteroatoms. The molecule has 3 aromatic rings. The monoisotopic (exact) mass is 446 g/mol. The third kappa shape index (κ3) is 4.37. The molecule has 28 heavy (non-hydrogen) atoms. The number of nitrogens with zero attached hydrogens (tertiary/aromatic N) is 5. The summed E-state index contributed by atoms with van der Waals surface area (Å²) in [5.41, 5.74) is 1.37. The average molecular weight is 447 g/mol. The van der Waals surface area contributed by atoms with Gasteiger partial charge in [0.05, 0.1) is 6.54 Å². The first kappa shape index (κ1) is 19.0. The van der Waals surface area contributed by atoms with E-state index in [0.29, 0.717) is 30.2 Å². The van der Waals surface area contributed by atoms with Crippen molar-refractivity contribution in [3.8, 4) is 0 Å². The number of halogens is 2. The highest BCUT2D eigenvalue weighted by Gasteiger charge is 2.20. The molecule has 0 atom stereocenters. The van der Waals surface area contributed by atoms with Gasteiger partial charge in [-0.3, -0.25) is 24.3 Å². The molecule has 3 heterocycles. The molecule has 1 amide bonds. The second-order valence-electron chi connectivity index (χ2n) is 6.79. The largest absolute Gasteiger partial charge is 0.296 e. The van der Waals surface area contributed by atoms with Crippen LogP contribution in [0.3, 0.4) is 0 Å². The van der Waals surface area contributed by atoms with E-state index in [-0.39, 0.29) is 11.7 Å². The van der Waals surface area contributed by atoms with Crippen molar-refractivity contribution >= 4 is 33.4 Å². The molecule has 0 radical (unpaired) electrons. The van der Waals surface area contributed by atoms with Crippen molar-refractivity contribution in [2.45, 2.75) is 6.54 Å². The molecule has 1 aliphatic rings. The van der Waals surface area contributed by atoms with E-state index in [2.05, 4.69) is 41.2 Å². The zero-order valence-electron chi connectivity index (χ0n) is 15.2. The predicted molar refractivity (Wildman–Crippen MR) is 107 cm³/mol. The van der Waals surface area contributed by atoms with Crippen LogP contribution in [0.25, 0.3) is 5.65 Å². The first-order chi connectivity index (χ1) is 13.6. The van der Waals surface area contributed by atoms with E-state index in [0.717, 1.165) is 30.7 Å². The maximum Gasteiger partial charge on any atom is 0.240 e. The van der Waals surface area contributed by atoms with Gasteiger partial charge in [-0.05, 0) is 24.3 Å². The number of fused-ring (bicyclic) bond motifs is 1. The Hall–Kier alpha value is -2.36. The standard InChI is InChI=1S/C19H20BrFN6O/c20-15-5-4-14(16(21)11-15)12-25-7-9-26(10-8-25)13-18(28)22-19-24-23-17-3-1-2-6-27(17)19/h1-6,11H,7-10,12-13H2,(H,22,24,28). The Kier molecular flexibility index (Phi) is 5.65. The molecule has 0 unspecified atom stereocenters. The van der Waals surface area contributed by atoms with Crippen LogP contribution in [-0.2, 0) is 11.3 Å². The van der Waals surface area contributed by atoms with Gasteiger partial charge in [0.25, 0.3) is 0 Å². The van der Waals surface area contributed by atoms with Crippen molar-refractivity contribution in [2.24, 2.45) is 0 Å². The summed E-state index contributed by atoms with van der Waals surface area (Å²) in [6.45, 7) is 3.96. The minimum Gasteiger partial charge on any atom is -0.296 e. The lowest BCUT2D eigenvalue weighted by Crippen LogP contribution is -2.48. The number of nitrogens with one attached hydrogen (secondary N) is 1. The fraction of sp³-hybridized carbons (Fsp3) is 0.316. The summed E-state index contributed by atoms with van der Waals surface area (Å²) < 4.78 is 16.5. The van der Waals surface area contributed by atoms with Gasteiger partial charge in [0, 0.05) is 49.0 Å². The molecule has 4 rings (SSSR count). The minimum absolute atomic E-state index is 0.120. The van der Waals surface area contributed by atoms with Gasteiger partial charge in [0.1, 0.15) is 5.82 Å². The molecule has 1 saturated heterocycles. The Bertz CT molecular complexity index is 985. The Labute approximate surface area is 170 Å². The van der Waals surface area contributed by atoms with Gasteiger partial charge in [-0.1, -0.05) is 28.1 Å². The van der Waals surface area contributed by atoms with Gasteiger partial charge in [0.15, 0.2) is 5.65 Å². The van der Waals surface area contributed by atoms with E-state index < -0.39 is 0 Å². The van der Waals surface area contributed by atoms with Crippen LogP contribution in [0.4, 0.5) is 10.3 Å². The van der Waals surface area contributed by atoms with Crippen LogP contribution in [-0.4, -0.2) is 63.0 Å². The summed E-state index contributed by atoms with van der Waals surface area (Å²) in [7, 11) is 0. The molecule has 0 bridgehead atoms. The van der Waals surface area contributed by atoms with E-state index in [9.17, 15) is 9.18 Å². The highest BCUT2D eigenvalue weighted by Crippen LogP contribution is 2.17. The fourth-order valence-corrected chi connectivity index (χ4v) is 3.62. The van der Waals surface area contributed by atoms with Crippen LogP contribution in [0.5, 0.6) is 0 Å². The Balaban J connectivity index is 1.27. The number of pyridine rings is 1. The van der Waals surface area contributed by atoms with E-state index in [1.54, 1.807) is 4.40 Å². The van der Waals surface area contributed by atoms with Gasteiger partial charge in [-0.2, -0.15) is 0 Å². The Morgan fingerprint density at radius 2 is 1.89 bits per heavy atom. The van der Waals surface area contributed by atoms with Crippen LogP contribution >= 0.6 is 15.9 Å². The summed E-state index contributed by atoms with van der Waals surface area (Å²) in [4.78, 5) is 16.7. The van der Waals surface area contributed by atoms with Gasteiger partial charge in [0.2, 0.25) is 11.9 Å². The summed E-state index contributed by atoms with van der Waals surface area (Å²) in [5, 5.41) is 10.9. The molecule has 1 N–H and O–H groups in total. The molecule has 1 fully saturated rings. The van der Waals surface area contributed by atoms with Gasteiger partial charge in [-0.25, -0.2) is 4.39 Å². The SMILES string of the molecule is O=C(CN1CCN(Cc2ccc(Br)cc2F)CC1)Nc1nnc2ccccn12. The van der Waals surface area contributed by atoms with Crippen LogP contribution in [0.1, 0.15) is 5.56 Å². The van der Waals surface area contributed by atoms with E-state index in [1.807, 2.05) is 36.5 Å². The van der Waals surface area contributed by atoms with Crippen molar-refractivity contribution in [2.75, 3.05) is 38.0 Å². The summed E-state index contributed by atoms with van der Waals surface area (Å²) in [6, 6.07) is 10.7. The maximum absolute atomic E-state index is 14.0. The number of carbonyl (C=O) groups excluding carboxylic acids is 1. The van der Waals surface area contributed by atoms with Crippen LogP contribution in [0, 0.1) is 5.82 Å². The van der Waals surface area contributed by atoms with Crippen molar-refractivity contribution in [3.63, 3.8) is 0 Å². The van der Waals surface area contributed by atoms with Gasteiger partial charge in [-0.15, -0.1) is 10.2 Å². The average Bonchev–Trinajstić information content (AvgIpc) is 3.08. The predicted octanol–water partition coefficient (Wildman–Crippen LogP) is 2.39. The first-order valence-corrected chi connectivity index (χ1v) is 9.86. The molecule has 1 aliphatic heterocycles. The number of amides is 1. The van der Waals surface area contributed by atoms with Crippen molar-refractivity contribution in [1.29, 1.82) is 0 Å². The highest BCUT2D eigenvalue weighted by atomic mass is 79.9. The molecule has 0 spiro atoms. The third-order valence-electron chi connectivity index (χ3n) is 4.81. The molecule has 146 valence electrons. The zero-order chi connectivity index (χ0) is 19.5. The van der Waals surface area contributed by atoms with Crippen LogP contribution in [0.15, 0.2) is 47.1 Å². The lowest BCUT2D eigenvalue weighted by molar-refractivity contribution is -0.117.